The van der Waals surface area contributed by atoms with Crippen molar-refractivity contribution in [2.75, 3.05) is 26.3 Å². The van der Waals surface area contributed by atoms with Crippen LogP contribution < -0.4 is 4.74 Å². The topological polar surface area (TPSA) is 59.0 Å². The van der Waals surface area contributed by atoms with E-state index in [4.69, 9.17) is 14.6 Å². The van der Waals surface area contributed by atoms with Gasteiger partial charge in [0.15, 0.2) is 0 Å². The highest BCUT2D eigenvalue weighted by Gasteiger charge is 2.21. The van der Waals surface area contributed by atoms with Crippen LogP contribution in [0.5, 0.6) is 5.75 Å². The fraction of sp³-hybridized carbons (Fsp3) is 0.450. The number of ether oxygens (including phenoxy) is 2. The maximum atomic E-state index is 12.3. The van der Waals surface area contributed by atoms with E-state index in [0.717, 1.165) is 11.3 Å². The largest absolute Gasteiger partial charge is 0.492 e. The highest BCUT2D eigenvalue weighted by atomic mass is 127. The Morgan fingerprint density at radius 3 is 2.41 bits per heavy atom. The van der Waals surface area contributed by atoms with Gasteiger partial charge in [-0.2, -0.15) is 0 Å². The number of carbonyl (C=O) groups excluding carboxylic acids is 1. The maximum Gasteiger partial charge on any atom is 0.410 e. The van der Waals surface area contributed by atoms with Gasteiger partial charge in [-0.25, -0.2) is 4.79 Å². The van der Waals surface area contributed by atoms with E-state index < -0.39 is 5.60 Å². The van der Waals surface area contributed by atoms with Crippen LogP contribution in [0.3, 0.4) is 0 Å². The van der Waals surface area contributed by atoms with Crippen LogP contribution in [0.4, 0.5) is 4.79 Å². The molecule has 148 valence electrons. The first kappa shape index (κ1) is 22.0. The van der Waals surface area contributed by atoms with Gasteiger partial charge in [0.1, 0.15) is 18.0 Å². The van der Waals surface area contributed by atoms with Crippen molar-refractivity contribution < 1.29 is 19.4 Å². The summed E-state index contributed by atoms with van der Waals surface area (Å²) in [5, 5.41) is 9.04. The number of benzene rings is 1. The fourth-order valence-corrected chi connectivity index (χ4v) is 3.97. The van der Waals surface area contributed by atoms with Gasteiger partial charge in [-0.05, 0) is 91.7 Å². The van der Waals surface area contributed by atoms with Gasteiger partial charge in [0.25, 0.3) is 0 Å². The molecule has 0 aliphatic rings. The van der Waals surface area contributed by atoms with Gasteiger partial charge in [0, 0.05) is 18.0 Å². The van der Waals surface area contributed by atoms with Crippen molar-refractivity contribution in [3.8, 4) is 16.2 Å². The lowest BCUT2D eigenvalue weighted by molar-refractivity contribution is 0.0216. The number of nitrogens with zero attached hydrogens (tertiary/aromatic N) is 1. The van der Waals surface area contributed by atoms with Gasteiger partial charge in [-0.3, -0.25) is 0 Å². The second-order valence-corrected chi connectivity index (χ2v) is 10.00. The van der Waals surface area contributed by atoms with Gasteiger partial charge < -0.3 is 19.5 Å². The molecule has 1 N–H and O–H groups in total. The molecule has 5 nitrogen and oxygen atoms in total. The van der Waals surface area contributed by atoms with E-state index in [2.05, 4.69) is 34.7 Å². The van der Waals surface area contributed by atoms with E-state index in [9.17, 15) is 4.79 Å². The molecule has 0 radical (unpaired) electrons. The Morgan fingerprint density at radius 1 is 1.15 bits per heavy atom. The number of hydrogen-bond acceptors (Lipinski definition) is 5. The van der Waals surface area contributed by atoms with E-state index in [1.54, 1.807) is 16.2 Å². The summed E-state index contributed by atoms with van der Waals surface area (Å²) in [5.41, 5.74) is 0.610. The molecule has 0 unspecified atom stereocenters. The molecular formula is C20H26INO4S. The molecule has 2 rings (SSSR count). The third-order valence-corrected chi connectivity index (χ3v) is 5.52. The molecule has 0 aliphatic carbocycles. The van der Waals surface area contributed by atoms with E-state index >= 15 is 0 Å². The standard InChI is InChI=1S/C20H26INO4S/c1-20(2,3)26-19(24)22(11-4-13-23)12-14-25-16-7-5-15(6-8-16)17-9-10-18(21)27-17/h5-10,23H,4,11-14H2,1-3H3. The molecule has 0 saturated carbocycles. The van der Waals surface area contributed by atoms with Crippen molar-refractivity contribution >= 4 is 40.0 Å². The number of rotatable bonds is 8. The minimum absolute atomic E-state index is 0.0310. The summed E-state index contributed by atoms with van der Waals surface area (Å²) in [5.74, 6) is 0.760. The van der Waals surface area contributed by atoms with Crippen molar-refractivity contribution in [3.05, 3.63) is 39.3 Å². The quantitative estimate of drug-likeness (QED) is 0.515. The molecule has 0 bridgehead atoms. The third kappa shape index (κ3) is 7.67. The number of amides is 1. The molecule has 0 atom stereocenters. The van der Waals surface area contributed by atoms with Gasteiger partial charge in [0.2, 0.25) is 0 Å². The van der Waals surface area contributed by atoms with Gasteiger partial charge in [-0.15, -0.1) is 11.3 Å². The lowest BCUT2D eigenvalue weighted by atomic mass is 10.2. The lowest BCUT2D eigenvalue weighted by Gasteiger charge is -2.27. The molecule has 27 heavy (non-hydrogen) atoms. The van der Waals surface area contributed by atoms with Crippen LogP contribution in [0.2, 0.25) is 0 Å². The first-order valence-electron chi connectivity index (χ1n) is 8.86. The van der Waals surface area contributed by atoms with Crippen LogP contribution in [0.1, 0.15) is 27.2 Å². The molecule has 0 spiro atoms. The monoisotopic (exact) mass is 503 g/mol. The van der Waals surface area contributed by atoms with Crippen LogP contribution in [0.15, 0.2) is 36.4 Å². The maximum absolute atomic E-state index is 12.3. The predicted molar refractivity (Wildman–Crippen MR) is 117 cm³/mol. The average Bonchev–Trinajstić information content (AvgIpc) is 3.03. The van der Waals surface area contributed by atoms with Gasteiger partial charge in [0.05, 0.1) is 9.43 Å². The fourth-order valence-electron chi connectivity index (χ4n) is 2.34. The highest BCUT2D eigenvalue weighted by molar-refractivity contribution is 14.1. The van der Waals surface area contributed by atoms with Crippen molar-refractivity contribution in [2.45, 2.75) is 32.8 Å². The first-order chi connectivity index (χ1) is 12.8. The summed E-state index contributed by atoms with van der Waals surface area (Å²) in [7, 11) is 0. The SMILES string of the molecule is CC(C)(C)OC(=O)N(CCCO)CCOc1ccc(-c2ccc(I)s2)cc1. The third-order valence-electron chi connectivity index (χ3n) is 3.58. The summed E-state index contributed by atoms with van der Waals surface area (Å²) < 4.78 is 12.5. The summed E-state index contributed by atoms with van der Waals surface area (Å²) >= 11 is 4.07. The summed E-state index contributed by atoms with van der Waals surface area (Å²) in [6.07, 6.45) is 0.121. The zero-order valence-corrected chi connectivity index (χ0v) is 18.9. The Morgan fingerprint density at radius 2 is 1.85 bits per heavy atom. The van der Waals surface area contributed by atoms with E-state index in [1.165, 1.54) is 7.76 Å². The molecule has 7 heteroatoms. The average molecular weight is 503 g/mol. The van der Waals surface area contributed by atoms with Crippen LogP contribution in [0, 0.1) is 2.88 Å². The second kappa shape index (κ2) is 10.3. The van der Waals surface area contributed by atoms with Crippen LogP contribution >= 0.6 is 33.9 Å². The predicted octanol–water partition coefficient (Wildman–Crippen LogP) is 5.02. The zero-order valence-electron chi connectivity index (χ0n) is 15.9. The first-order valence-corrected chi connectivity index (χ1v) is 10.8. The summed E-state index contributed by atoms with van der Waals surface area (Å²) in [4.78, 5) is 15.1. The molecule has 1 aromatic carbocycles. The van der Waals surface area contributed by atoms with Crippen LogP contribution in [0.25, 0.3) is 10.4 Å². The van der Waals surface area contributed by atoms with Crippen molar-refractivity contribution in [3.63, 3.8) is 0 Å². The number of thiophene rings is 1. The Balaban J connectivity index is 1.88. The minimum atomic E-state index is -0.551. The number of aliphatic hydroxyl groups excluding tert-OH is 1. The Hall–Kier alpha value is -1.32. The number of hydrogen-bond donors (Lipinski definition) is 1. The summed E-state index contributed by atoms with van der Waals surface area (Å²) in [6.45, 7) is 6.74. The minimum Gasteiger partial charge on any atom is -0.492 e. The molecule has 2 aromatic rings. The molecule has 1 heterocycles. The number of aliphatic hydroxyl groups is 1. The van der Waals surface area contributed by atoms with Gasteiger partial charge >= 0.3 is 6.09 Å². The van der Waals surface area contributed by atoms with Crippen LogP contribution in [-0.4, -0.2) is 48.0 Å². The Bertz CT molecular complexity index is 724. The van der Waals surface area contributed by atoms with Crippen LogP contribution in [-0.2, 0) is 4.74 Å². The molecule has 0 saturated heterocycles. The van der Waals surface area contributed by atoms with E-state index in [0.29, 0.717) is 26.1 Å². The Kier molecular flexibility index (Phi) is 8.37. The molecular weight excluding hydrogens is 477 g/mol. The highest BCUT2D eigenvalue weighted by Crippen LogP contribution is 2.30. The Labute approximate surface area is 178 Å². The number of halogens is 1. The second-order valence-electron chi connectivity index (χ2n) is 7.02. The van der Waals surface area contributed by atoms with E-state index in [-0.39, 0.29) is 12.7 Å². The molecule has 0 fully saturated rings. The molecule has 1 aromatic heterocycles. The molecule has 0 aliphatic heterocycles. The van der Waals surface area contributed by atoms with Gasteiger partial charge in [-0.1, -0.05) is 0 Å². The molecule has 1 amide bonds. The van der Waals surface area contributed by atoms with E-state index in [1.807, 2.05) is 45.0 Å². The summed E-state index contributed by atoms with van der Waals surface area (Å²) in [6, 6.07) is 12.2. The van der Waals surface area contributed by atoms with Crippen molar-refractivity contribution in [1.82, 2.24) is 4.90 Å². The van der Waals surface area contributed by atoms with Crippen molar-refractivity contribution in [2.24, 2.45) is 0 Å². The van der Waals surface area contributed by atoms with Crippen molar-refractivity contribution in [1.29, 1.82) is 0 Å². The zero-order chi connectivity index (χ0) is 19.9. The number of carbonyl (C=O) groups is 1. The lowest BCUT2D eigenvalue weighted by Crippen LogP contribution is -2.39. The normalized spacial score (nSPS) is 11.3. The smallest absolute Gasteiger partial charge is 0.410 e.